The van der Waals surface area contributed by atoms with E-state index in [1.54, 1.807) is 0 Å². The quantitative estimate of drug-likeness (QED) is 0.365. The van der Waals surface area contributed by atoms with Gasteiger partial charge in [0.1, 0.15) is 5.88 Å². The Labute approximate surface area is 235 Å². The number of likely N-dealkylation sites (tertiary alicyclic amines) is 2. The molecule has 1 atom stereocenters. The summed E-state index contributed by atoms with van der Waals surface area (Å²) in [4.78, 5) is 19.4. The first kappa shape index (κ1) is 31.1. The lowest BCUT2D eigenvalue weighted by Gasteiger charge is -2.45. The summed E-state index contributed by atoms with van der Waals surface area (Å²) in [6.45, 7) is 3.73. The first-order valence-corrected chi connectivity index (χ1v) is 14.5. The Hall–Kier alpha value is -1.81. The number of rotatable bonds is 6. The third-order valence-corrected chi connectivity index (χ3v) is 8.95. The number of anilines is 1. The van der Waals surface area contributed by atoms with E-state index in [2.05, 4.69) is 14.5 Å². The number of piperazine rings is 1. The van der Waals surface area contributed by atoms with E-state index in [-0.39, 0.29) is 24.5 Å². The molecule has 8 nitrogen and oxygen atoms in total. The van der Waals surface area contributed by atoms with Crippen LogP contribution < -0.4 is 4.90 Å². The fourth-order valence-corrected chi connectivity index (χ4v) is 6.70. The minimum absolute atomic E-state index is 0.0194. The summed E-state index contributed by atoms with van der Waals surface area (Å²) in [6.07, 6.45) is -14.9. The number of amides is 1. The van der Waals surface area contributed by atoms with Crippen LogP contribution in [0.4, 0.5) is 36.8 Å². The summed E-state index contributed by atoms with van der Waals surface area (Å²) in [5, 5.41) is 0.593. The highest BCUT2D eigenvalue weighted by atomic mass is 35.5. The Morgan fingerprint density at radius 1 is 1.00 bits per heavy atom. The van der Waals surface area contributed by atoms with Crippen molar-refractivity contribution in [3.05, 3.63) is 28.8 Å². The van der Waals surface area contributed by atoms with Gasteiger partial charge in [-0.05, 0) is 43.9 Å². The largest absolute Gasteiger partial charge is 0.434 e. The molecule has 226 valence electrons. The zero-order chi connectivity index (χ0) is 29.3. The van der Waals surface area contributed by atoms with Gasteiger partial charge in [0.2, 0.25) is 0 Å². The lowest BCUT2D eigenvalue weighted by molar-refractivity contribution is -0.308. The van der Waals surface area contributed by atoms with Crippen molar-refractivity contribution in [2.75, 3.05) is 56.6 Å². The van der Waals surface area contributed by atoms with E-state index in [1.807, 2.05) is 23.1 Å². The van der Waals surface area contributed by atoms with Crippen LogP contribution >= 0.6 is 11.6 Å². The maximum atomic E-state index is 12.8. The Morgan fingerprint density at radius 2 is 1.62 bits per heavy atom. The van der Waals surface area contributed by atoms with Crippen molar-refractivity contribution < 1.29 is 44.6 Å². The second-order valence-electron chi connectivity index (χ2n) is 10.4. The average Bonchev–Trinajstić information content (AvgIpc) is 3.24. The van der Waals surface area contributed by atoms with Crippen molar-refractivity contribution in [1.29, 1.82) is 0 Å². The first-order valence-electron chi connectivity index (χ1n) is 12.9. The van der Waals surface area contributed by atoms with Gasteiger partial charge in [-0.1, -0.05) is 23.7 Å². The minimum atomic E-state index is -5.76. The molecule has 0 aromatic heterocycles. The highest BCUT2D eigenvalue weighted by molar-refractivity contribution is 7.79. The number of halogens is 7. The van der Waals surface area contributed by atoms with Crippen molar-refractivity contribution >= 4 is 34.5 Å². The van der Waals surface area contributed by atoms with Crippen LogP contribution in [0.2, 0.25) is 5.02 Å². The average molecular weight is 621 g/mol. The molecular formula is C24H31ClF6N4O4S. The highest BCUT2D eigenvalue weighted by Gasteiger charge is 2.60. The number of piperidine rings is 1. The molecule has 3 saturated heterocycles. The van der Waals surface area contributed by atoms with E-state index < -0.39 is 35.6 Å². The van der Waals surface area contributed by atoms with Crippen LogP contribution in [0.3, 0.4) is 0 Å². The molecule has 3 aliphatic rings. The summed E-state index contributed by atoms with van der Waals surface area (Å²) in [7, 11) is 0. The molecule has 0 radical (unpaired) electrons. The zero-order valence-electron chi connectivity index (χ0n) is 21.5. The monoisotopic (exact) mass is 620 g/mol. The SMILES string of the molecule is O=C(OC(C(F)(F)F)C(F)(F)F)N1CCC2(CCCN2Cc2cccc(N3CCN(CS(=O)O)CC3)c2Cl)CC1. The molecule has 1 spiro atoms. The van der Waals surface area contributed by atoms with Gasteiger partial charge in [0.05, 0.1) is 10.7 Å². The first-order chi connectivity index (χ1) is 18.7. The number of nitrogens with zero attached hydrogens (tertiary/aromatic N) is 4. The summed E-state index contributed by atoms with van der Waals surface area (Å²) >= 11 is 4.94. The van der Waals surface area contributed by atoms with Crippen LogP contribution in [0, 0.1) is 0 Å². The van der Waals surface area contributed by atoms with E-state index in [0.717, 1.165) is 35.5 Å². The Balaban J connectivity index is 1.38. The maximum absolute atomic E-state index is 12.8. The molecule has 1 amide bonds. The summed E-state index contributed by atoms with van der Waals surface area (Å²) < 4.78 is 101. The van der Waals surface area contributed by atoms with Gasteiger partial charge in [0.25, 0.3) is 6.10 Å². The van der Waals surface area contributed by atoms with Crippen molar-refractivity contribution in [1.82, 2.24) is 14.7 Å². The van der Waals surface area contributed by atoms with E-state index in [4.69, 9.17) is 16.2 Å². The fraction of sp³-hybridized carbons (Fsp3) is 0.708. The van der Waals surface area contributed by atoms with E-state index >= 15 is 0 Å². The molecule has 4 rings (SSSR count). The van der Waals surface area contributed by atoms with Crippen LogP contribution in [0.5, 0.6) is 0 Å². The van der Waals surface area contributed by atoms with E-state index in [0.29, 0.717) is 50.6 Å². The molecule has 3 aliphatic heterocycles. The molecule has 1 unspecified atom stereocenters. The Bertz CT molecular complexity index is 1060. The number of carbonyl (C=O) groups excluding carboxylic acids is 1. The van der Waals surface area contributed by atoms with Gasteiger partial charge in [0, 0.05) is 51.4 Å². The molecule has 1 aromatic carbocycles. The third kappa shape index (κ3) is 7.15. The molecule has 1 aromatic rings. The molecule has 16 heteroatoms. The number of hydrogen-bond donors (Lipinski definition) is 1. The maximum Gasteiger partial charge on any atom is 0.434 e. The minimum Gasteiger partial charge on any atom is -0.426 e. The Morgan fingerprint density at radius 3 is 2.20 bits per heavy atom. The molecule has 0 saturated carbocycles. The van der Waals surface area contributed by atoms with Crippen molar-refractivity contribution in [2.45, 2.75) is 56.2 Å². The number of ether oxygens (including phenoxy) is 1. The van der Waals surface area contributed by atoms with Gasteiger partial charge in [0.15, 0.2) is 11.1 Å². The number of benzene rings is 1. The van der Waals surface area contributed by atoms with E-state index in [9.17, 15) is 35.3 Å². The van der Waals surface area contributed by atoms with Gasteiger partial charge in [-0.3, -0.25) is 9.80 Å². The topological polar surface area (TPSA) is 76.6 Å². The van der Waals surface area contributed by atoms with Crippen LogP contribution in [-0.4, -0.2) is 105 Å². The second-order valence-corrected chi connectivity index (χ2v) is 11.7. The summed E-state index contributed by atoms with van der Waals surface area (Å²) in [5.74, 6) is 0.0963. The number of hydrogen-bond acceptors (Lipinski definition) is 6. The molecule has 3 heterocycles. The van der Waals surface area contributed by atoms with Gasteiger partial charge in [-0.15, -0.1) is 0 Å². The number of alkyl halides is 6. The zero-order valence-corrected chi connectivity index (χ0v) is 23.1. The summed E-state index contributed by atoms with van der Waals surface area (Å²) in [5.41, 5.74) is 1.40. The van der Waals surface area contributed by atoms with Crippen molar-refractivity contribution in [3.63, 3.8) is 0 Å². The smallest absolute Gasteiger partial charge is 0.426 e. The molecule has 0 aliphatic carbocycles. The predicted molar refractivity (Wildman–Crippen MR) is 136 cm³/mol. The Kier molecular flexibility index (Phi) is 9.49. The van der Waals surface area contributed by atoms with E-state index in [1.165, 1.54) is 0 Å². The highest BCUT2D eigenvalue weighted by Crippen LogP contribution is 2.42. The normalized spacial score (nSPS) is 21.8. The number of carbonyl (C=O) groups is 1. The molecule has 1 N–H and O–H groups in total. The third-order valence-electron chi connectivity index (χ3n) is 7.93. The van der Waals surface area contributed by atoms with Gasteiger partial charge in [-0.2, -0.15) is 26.3 Å². The van der Waals surface area contributed by atoms with Crippen LogP contribution in [0.15, 0.2) is 18.2 Å². The molecule has 40 heavy (non-hydrogen) atoms. The molecule has 0 bridgehead atoms. The standard InChI is InChI=1S/C24H31ClF6N4O4S/c25-19-17(3-1-4-18(19)33-13-11-32(12-14-33)16-40(37)38)15-35-8-2-5-22(35)6-9-34(10-7-22)21(36)39-20(23(26,27)28)24(29,30)31/h1,3-4,20H,2,5-16H2,(H,37,38). The lowest BCUT2D eigenvalue weighted by atomic mass is 9.85. The predicted octanol–water partition coefficient (Wildman–Crippen LogP) is 4.70. The van der Waals surface area contributed by atoms with Gasteiger partial charge in [-0.25, -0.2) is 9.00 Å². The lowest BCUT2D eigenvalue weighted by Crippen LogP contribution is -2.54. The van der Waals surface area contributed by atoms with Crippen molar-refractivity contribution in [3.8, 4) is 0 Å². The van der Waals surface area contributed by atoms with Crippen molar-refractivity contribution in [2.24, 2.45) is 0 Å². The molecule has 3 fully saturated rings. The summed E-state index contributed by atoms with van der Waals surface area (Å²) in [6, 6.07) is 5.75. The fourth-order valence-electron chi connectivity index (χ4n) is 5.82. The van der Waals surface area contributed by atoms with Gasteiger partial charge < -0.3 is 19.1 Å². The van der Waals surface area contributed by atoms with Crippen LogP contribution in [0.25, 0.3) is 0 Å². The van der Waals surface area contributed by atoms with Crippen LogP contribution in [-0.2, 0) is 22.4 Å². The molecular weight excluding hydrogens is 590 g/mol. The van der Waals surface area contributed by atoms with Gasteiger partial charge >= 0.3 is 18.4 Å². The van der Waals surface area contributed by atoms with Crippen LogP contribution in [0.1, 0.15) is 31.2 Å². The second kappa shape index (κ2) is 12.2.